The van der Waals surface area contributed by atoms with Crippen molar-refractivity contribution in [2.24, 2.45) is 11.8 Å². The normalized spacial score (nSPS) is 16.0. The molecule has 0 saturated carbocycles. The minimum Gasteiger partial charge on any atom is -0.372 e. The Balaban J connectivity index is 2.03. The lowest BCUT2D eigenvalue weighted by molar-refractivity contribution is 0.101. The van der Waals surface area contributed by atoms with E-state index in [0.29, 0.717) is 29.6 Å². The van der Waals surface area contributed by atoms with Gasteiger partial charge in [-0.15, -0.1) is 0 Å². The van der Waals surface area contributed by atoms with Crippen LogP contribution in [0.25, 0.3) is 10.9 Å². The van der Waals surface area contributed by atoms with Gasteiger partial charge in [-0.3, -0.25) is 9.59 Å². The number of Topliss-reactive ketones (excluding diaryl/α,β-unsaturated/α-hetero) is 1. The van der Waals surface area contributed by atoms with Crippen LogP contribution in [-0.2, 0) is 6.54 Å². The molecule has 0 aliphatic carbocycles. The standard InChI is InChI=1S/C23H32FN3O2/c1-15(2)12-27-14-19(16(3)28)23(29)18-10-20(24)22(11-21(18)27)26(5)13-17-6-8-25(4)9-7-17/h10-11,14-15,17H,6-9,12-13H2,1-5H3. The maximum absolute atomic E-state index is 15.0. The van der Waals surface area contributed by atoms with Gasteiger partial charge in [0.2, 0.25) is 0 Å². The van der Waals surface area contributed by atoms with Crippen molar-refractivity contribution >= 4 is 22.4 Å². The molecular formula is C23H32FN3O2. The van der Waals surface area contributed by atoms with Crippen LogP contribution in [0, 0.1) is 17.7 Å². The third-order valence-electron chi connectivity index (χ3n) is 5.87. The molecule has 158 valence electrons. The van der Waals surface area contributed by atoms with Crippen LogP contribution >= 0.6 is 0 Å². The van der Waals surface area contributed by atoms with Crippen LogP contribution in [0.15, 0.2) is 23.1 Å². The predicted octanol–water partition coefficient (Wildman–Crippen LogP) is 3.78. The number of pyridine rings is 1. The molecule has 1 fully saturated rings. The number of carbonyl (C=O) groups is 1. The Morgan fingerprint density at radius 3 is 2.52 bits per heavy atom. The number of benzene rings is 1. The van der Waals surface area contributed by atoms with Crippen LogP contribution in [0.3, 0.4) is 0 Å². The highest BCUT2D eigenvalue weighted by atomic mass is 19.1. The number of piperidine rings is 1. The second-order valence-electron chi connectivity index (χ2n) is 8.92. The van der Waals surface area contributed by atoms with E-state index in [4.69, 9.17) is 0 Å². The molecule has 1 aromatic carbocycles. The summed E-state index contributed by atoms with van der Waals surface area (Å²) in [4.78, 5) is 29.0. The summed E-state index contributed by atoms with van der Waals surface area (Å²) in [6.45, 7) is 9.11. The van der Waals surface area contributed by atoms with Gasteiger partial charge in [0.1, 0.15) is 5.82 Å². The maximum atomic E-state index is 15.0. The smallest absolute Gasteiger partial charge is 0.200 e. The van der Waals surface area contributed by atoms with E-state index >= 15 is 4.39 Å². The Kier molecular flexibility index (Phi) is 6.42. The zero-order chi connectivity index (χ0) is 21.3. The summed E-state index contributed by atoms with van der Waals surface area (Å²) in [5.41, 5.74) is 0.908. The minimum atomic E-state index is -0.415. The third-order valence-corrected chi connectivity index (χ3v) is 5.87. The van der Waals surface area contributed by atoms with Gasteiger partial charge in [-0.25, -0.2) is 4.39 Å². The molecule has 2 heterocycles. The van der Waals surface area contributed by atoms with E-state index in [9.17, 15) is 9.59 Å². The average Bonchev–Trinajstić information content (AvgIpc) is 2.65. The quantitative estimate of drug-likeness (QED) is 0.691. The highest BCUT2D eigenvalue weighted by Gasteiger charge is 2.21. The van der Waals surface area contributed by atoms with Crippen LogP contribution in [0.4, 0.5) is 10.1 Å². The first-order chi connectivity index (χ1) is 13.7. The van der Waals surface area contributed by atoms with Crippen LogP contribution in [0.2, 0.25) is 0 Å². The van der Waals surface area contributed by atoms with Crippen LogP contribution in [-0.4, -0.2) is 49.0 Å². The van der Waals surface area contributed by atoms with E-state index in [0.717, 1.165) is 32.5 Å². The van der Waals surface area contributed by atoms with Crippen LogP contribution < -0.4 is 10.3 Å². The first-order valence-corrected chi connectivity index (χ1v) is 10.4. The summed E-state index contributed by atoms with van der Waals surface area (Å²) in [6, 6.07) is 3.08. The molecule has 6 heteroatoms. The van der Waals surface area contributed by atoms with Crippen molar-refractivity contribution in [3.05, 3.63) is 39.9 Å². The zero-order valence-corrected chi connectivity index (χ0v) is 18.2. The van der Waals surface area contributed by atoms with E-state index in [2.05, 4.69) is 25.8 Å². The lowest BCUT2D eigenvalue weighted by Gasteiger charge is -2.32. The largest absolute Gasteiger partial charge is 0.372 e. The van der Waals surface area contributed by atoms with E-state index in [1.165, 1.54) is 13.0 Å². The molecule has 0 atom stereocenters. The maximum Gasteiger partial charge on any atom is 0.200 e. The summed E-state index contributed by atoms with van der Waals surface area (Å²) in [7, 11) is 4.05. The number of hydrogen-bond acceptors (Lipinski definition) is 4. The van der Waals surface area contributed by atoms with Gasteiger partial charge < -0.3 is 14.4 Å². The number of fused-ring (bicyclic) bond motifs is 1. The summed E-state index contributed by atoms with van der Waals surface area (Å²) in [5.74, 6) is 0.148. The molecule has 0 radical (unpaired) electrons. The molecule has 29 heavy (non-hydrogen) atoms. The molecule has 2 aromatic rings. The van der Waals surface area contributed by atoms with Crippen molar-refractivity contribution in [3.8, 4) is 0 Å². The average molecular weight is 402 g/mol. The highest BCUT2D eigenvalue weighted by Crippen LogP contribution is 2.27. The Labute approximate surface area is 172 Å². The Morgan fingerprint density at radius 2 is 1.93 bits per heavy atom. The number of likely N-dealkylation sites (tertiary alicyclic amines) is 1. The van der Waals surface area contributed by atoms with Gasteiger partial charge in [0, 0.05) is 31.7 Å². The van der Waals surface area contributed by atoms with Gasteiger partial charge in [-0.2, -0.15) is 0 Å². The topological polar surface area (TPSA) is 45.6 Å². The van der Waals surface area contributed by atoms with Crippen molar-refractivity contribution in [1.82, 2.24) is 9.47 Å². The fraction of sp³-hybridized carbons (Fsp3) is 0.565. The Bertz CT molecular complexity index is 959. The molecule has 0 N–H and O–H groups in total. The number of ketones is 1. The first-order valence-electron chi connectivity index (χ1n) is 10.4. The first kappa shape index (κ1) is 21.5. The summed E-state index contributed by atoms with van der Waals surface area (Å²) in [6.07, 6.45) is 3.85. The SMILES string of the molecule is CC(=O)c1cn(CC(C)C)c2cc(N(C)CC3CCN(C)CC3)c(F)cc2c1=O. The van der Waals surface area contributed by atoms with Crippen molar-refractivity contribution in [1.29, 1.82) is 0 Å². The zero-order valence-electron chi connectivity index (χ0n) is 18.2. The second kappa shape index (κ2) is 8.66. The summed E-state index contributed by atoms with van der Waals surface area (Å²) >= 11 is 0. The fourth-order valence-electron chi connectivity index (χ4n) is 4.22. The number of rotatable bonds is 6. The van der Waals surface area contributed by atoms with E-state index in [1.54, 1.807) is 12.3 Å². The lowest BCUT2D eigenvalue weighted by atomic mass is 9.96. The van der Waals surface area contributed by atoms with Gasteiger partial charge in [-0.05, 0) is 63.9 Å². The number of aromatic nitrogens is 1. The highest BCUT2D eigenvalue weighted by molar-refractivity contribution is 5.97. The van der Waals surface area contributed by atoms with E-state index in [-0.39, 0.29) is 16.7 Å². The van der Waals surface area contributed by atoms with E-state index in [1.807, 2.05) is 16.5 Å². The number of nitrogens with zero attached hydrogens (tertiary/aromatic N) is 3. The second-order valence-corrected chi connectivity index (χ2v) is 8.92. The Hall–Kier alpha value is -2.21. The minimum absolute atomic E-state index is 0.116. The monoisotopic (exact) mass is 401 g/mol. The lowest BCUT2D eigenvalue weighted by Crippen LogP contribution is -2.36. The molecule has 0 bridgehead atoms. The number of carbonyl (C=O) groups excluding carboxylic acids is 1. The van der Waals surface area contributed by atoms with Gasteiger partial charge >= 0.3 is 0 Å². The van der Waals surface area contributed by atoms with Gasteiger partial charge in [0.25, 0.3) is 0 Å². The van der Waals surface area contributed by atoms with Crippen molar-refractivity contribution in [2.75, 3.05) is 38.6 Å². The van der Waals surface area contributed by atoms with Crippen LogP contribution in [0.1, 0.15) is 44.0 Å². The fourth-order valence-corrected chi connectivity index (χ4v) is 4.22. The molecule has 1 aliphatic heterocycles. The molecule has 3 rings (SSSR count). The molecule has 5 nitrogen and oxygen atoms in total. The van der Waals surface area contributed by atoms with Crippen molar-refractivity contribution in [3.63, 3.8) is 0 Å². The summed E-state index contributed by atoms with van der Waals surface area (Å²) in [5, 5.41) is 0.271. The van der Waals surface area contributed by atoms with Crippen molar-refractivity contribution < 1.29 is 9.18 Å². The molecular weight excluding hydrogens is 369 g/mol. The molecule has 0 unspecified atom stereocenters. The van der Waals surface area contributed by atoms with Crippen LogP contribution in [0.5, 0.6) is 0 Å². The third kappa shape index (κ3) is 4.69. The van der Waals surface area contributed by atoms with E-state index < -0.39 is 11.2 Å². The molecule has 0 spiro atoms. The van der Waals surface area contributed by atoms with Gasteiger partial charge in [-0.1, -0.05) is 13.8 Å². The number of anilines is 1. The van der Waals surface area contributed by atoms with Gasteiger partial charge in [0.05, 0.1) is 16.8 Å². The number of halogens is 1. The molecule has 1 aliphatic rings. The molecule has 0 amide bonds. The molecule has 1 aromatic heterocycles. The Morgan fingerprint density at radius 1 is 1.28 bits per heavy atom. The molecule has 1 saturated heterocycles. The summed E-state index contributed by atoms with van der Waals surface area (Å²) < 4.78 is 16.9. The predicted molar refractivity (Wildman–Crippen MR) is 116 cm³/mol. The van der Waals surface area contributed by atoms with Crippen molar-refractivity contribution in [2.45, 2.75) is 40.2 Å². The van der Waals surface area contributed by atoms with Gasteiger partial charge in [0.15, 0.2) is 11.2 Å². The number of hydrogen-bond donors (Lipinski definition) is 0.